The van der Waals surface area contributed by atoms with Crippen molar-refractivity contribution in [1.82, 2.24) is 0 Å². The molecule has 0 saturated heterocycles. The lowest BCUT2D eigenvalue weighted by molar-refractivity contribution is 0.0364. The van der Waals surface area contributed by atoms with Gasteiger partial charge in [-0.3, -0.25) is 0 Å². The standard InChI is InChI=1S/C22H33IO/c1-14(13-23)18-6-7-19-17-5-4-15-12-16(24)8-10-21(15,2)20(17)9-11-22(18,19)3/h4-5,14,16,18-20,24H,6-13H2,1-3H3/t14-,16+,18-,19?,20?,21+,22-/m1/s1. The van der Waals surface area contributed by atoms with Crippen LogP contribution >= 0.6 is 22.6 Å². The molecule has 3 saturated carbocycles. The summed E-state index contributed by atoms with van der Waals surface area (Å²) in [5.74, 6) is 3.32. The highest BCUT2D eigenvalue weighted by Gasteiger charge is 2.56. The molecule has 0 aromatic carbocycles. The molecule has 7 atom stereocenters. The second kappa shape index (κ2) is 6.11. The smallest absolute Gasteiger partial charge is 0.0578 e. The third kappa shape index (κ3) is 2.41. The zero-order valence-electron chi connectivity index (χ0n) is 15.5. The van der Waals surface area contributed by atoms with Crippen LogP contribution in [0, 0.1) is 34.5 Å². The zero-order valence-corrected chi connectivity index (χ0v) is 17.7. The number of hydrogen-bond acceptors (Lipinski definition) is 1. The number of aliphatic hydroxyl groups excluding tert-OH is 1. The van der Waals surface area contributed by atoms with Gasteiger partial charge in [-0.25, -0.2) is 0 Å². The second-order valence-corrected chi connectivity index (χ2v) is 10.5. The predicted octanol–water partition coefficient (Wildman–Crippen LogP) is 5.92. The van der Waals surface area contributed by atoms with Crippen LogP contribution in [0.1, 0.15) is 65.7 Å². The first-order valence-electron chi connectivity index (χ1n) is 10.1. The summed E-state index contributed by atoms with van der Waals surface area (Å²) in [6, 6.07) is 0. The summed E-state index contributed by atoms with van der Waals surface area (Å²) >= 11 is 2.59. The van der Waals surface area contributed by atoms with E-state index in [-0.39, 0.29) is 6.10 Å². The Morgan fingerprint density at radius 1 is 1.12 bits per heavy atom. The van der Waals surface area contributed by atoms with Crippen molar-refractivity contribution >= 4 is 22.6 Å². The maximum Gasteiger partial charge on any atom is 0.0578 e. The summed E-state index contributed by atoms with van der Waals surface area (Å²) in [6.45, 7) is 7.60. The molecule has 2 heteroatoms. The molecule has 1 N–H and O–H groups in total. The van der Waals surface area contributed by atoms with E-state index in [1.807, 2.05) is 0 Å². The quantitative estimate of drug-likeness (QED) is 0.418. The molecule has 4 rings (SSSR count). The third-order valence-electron chi connectivity index (χ3n) is 8.55. The van der Waals surface area contributed by atoms with Crippen LogP contribution in [0.2, 0.25) is 0 Å². The number of aliphatic hydroxyl groups is 1. The molecule has 0 amide bonds. The van der Waals surface area contributed by atoms with Crippen LogP contribution in [-0.4, -0.2) is 15.6 Å². The van der Waals surface area contributed by atoms with Crippen molar-refractivity contribution in [3.8, 4) is 0 Å². The average Bonchev–Trinajstić information content (AvgIpc) is 2.92. The van der Waals surface area contributed by atoms with Crippen molar-refractivity contribution < 1.29 is 5.11 Å². The largest absolute Gasteiger partial charge is 0.393 e. The second-order valence-electron chi connectivity index (χ2n) is 9.64. The van der Waals surface area contributed by atoms with Crippen LogP contribution in [0.15, 0.2) is 23.3 Å². The molecule has 0 spiro atoms. The minimum atomic E-state index is -0.103. The lowest BCUT2D eigenvalue weighted by Gasteiger charge is -2.55. The molecular formula is C22H33IO. The van der Waals surface area contributed by atoms with Crippen LogP contribution in [-0.2, 0) is 0 Å². The Balaban J connectivity index is 1.68. The van der Waals surface area contributed by atoms with Gasteiger partial charge in [0.2, 0.25) is 0 Å². The summed E-state index contributed by atoms with van der Waals surface area (Å²) in [7, 11) is 0. The fraction of sp³-hybridized carbons (Fsp3) is 0.818. The van der Waals surface area contributed by atoms with Gasteiger partial charge in [0.05, 0.1) is 6.10 Å². The molecule has 4 aliphatic carbocycles. The summed E-state index contributed by atoms with van der Waals surface area (Å²) in [6.07, 6.45) is 13.5. The fourth-order valence-corrected chi connectivity index (χ4v) is 7.68. The average molecular weight is 440 g/mol. The van der Waals surface area contributed by atoms with Crippen molar-refractivity contribution in [3.63, 3.8) is 0 Å². The number of alkyl halides is 1. The summed E-state index contributed by atoms with van der Waals surface area (Å²) in [5, 5.41) is 10.1. The Morgan fingerprint density at radius 3 is 2.67 bits per heavy atom. The minimum absolute atomic E-state index is 0.103. The number of allylic oxidation sites excluding steroid dienone is 3. The van der Waals surface area contributed by atoms with Gasteiger partial charge in [0, 0.05) is 4.43 Å². The molecular weight excluding hydrogens is 407 g/mol. The van der Waals surface area contributed by atoms with E-state index in [0.717, 1.165) is 36.5 Å². The molecule has 0 aliphatic heterocycles. The summed E-state index contributed by atoms with van der Waals surface area (Å²) in [5.41, 5.74) is 4.18. The van der Waals surface area contributed by atoms with E-state index in [4.69, 9.17) is 0 Å². The van der Waals surface area contributed by atoms with Gasteiger partial charge in [-0.05, 0) is 79.4 Å². The highest BCUT2D eigenvalue weighted by molar-refractivity contribution is 14.1. The SMILES string of the molecule is C[C@H](CI)[C@H]1CCC2C3=CC=C4C[C@@H](O)CC[C@]4(C)C3CC[C@@]21C. The Labute approximate surface area is 161 Å². The molecule has 24 heavy (non-hydrogen) atoms. The maximum atomic E-state index is 10.1. The summed E-state index contributed by atoms with van der Waals surface area (Å²) in [4.78, 5) is 0. The van der Waals surface area contributed by atoms with Gasteiger partial charge in [0.1, 0.15) is 0 Å². The Bertz CT molecular complexity index is 579. The Morgan fingerprint density at radius 2 is 1.92 bits per heavy atom. The molecule has 1 nitrogen and oxygen atoms in total. The summed E-state index contributed by atoms with van der Waals surface area (Å²) < 4.78 is 1.30. The predicted molar refractivity (Wildman–Crippen MR) is 109 cm³/mol. The monoisotopic (exact) mass is 440 g/mol. The lowest BCUT2D eigenvalue weighted by atomic mass is 9.50. The molecule has 4 aliphatic rings. The van der Waals surface area contributed by atoms with Crippen LogP contribution in [0.25, 0.3) is 0 Å². The fourth-order valence-electron chi connectivity index (χ4n) is 7.07. The molecule has 0 aromatic heterocycles. The molecule has 2 unspecified atom stereocenters. The topological polar surface area (TPSA) is 20.2 Å². The lowest BCUT2D eigenvalue weighted by Crippen LogP contribution is -2.46. The number of rotatable bonds is 2. The molecule has 0 radical (unpaired) electrons. The highest BCUT2D eigenvalue weighted by Crippen LogP contribution is 2.65. The normalized spacial score (nSPS) is 48.7. The van der Waals surface area contributed by atoms with Crippen molar-refractivity contribution in [2.24, 2.45) is 34.5 Å². The first-order chi connectivity index (χ1) is 11.4. The Hall–Kier alpha value is 0.170. The van der Waals surface area contributed by atoms with Crippen LogP contribution in [0.3, 0.4) is 0 Å². The van der Waals surface area contributed by atoms with Gasteiger partial charge in [-0.2, -0.15) is 0 Å². The van der Waals surface area contributed by atoms with Crippen molar-refractivity contribution in [3.05, 3.63) is 23.3 Å². The van der Waals surface area contributed by atoms with E-state index >= 15 is 0 Å². The number of halogens is 1. The van der Waals surface area contributed by atoms with Gasteiger partial charge in [-0.15, -0.1) is 0 Å². The van der Waals surface area contributed by atoms with Gasteiger partial charge in [-0.1, -0.05) is 66.7 Å². The van der Waals surface area contributed by atoms with Gasteiger partial charge < -0.3 is 5.11 Å². The first-order valence-corrected chi connectivity index (χ1v) is 11.6. The zero-order chi connectivity index (χ0) is 17.1. The molecule has 0 aromatic rings. The van der Waals surface area contributed by atoms with Crippen LogP contribution in [0.4, 0.5) is 0 Å². The highest BCUT2D eigenvalue weighted by atomic mass is 127. The number of fused-ring (bicyclic) bond motifs is 5. The van der Waals surface area contributed by atoms with Gasteiger partial charge in [0.15, 0.2) is 0 Å². The van der Waals surface area contributed by atoms with Crippen molar-refractivity contribution in [1.29, 1.82) is 0 Å². The Kier molecular flexibility index (Phi) is 4.48. The van der Waals surface area contributed by atoms with Crippen molar-refractivity contribution in [2.45, 2.75) is 71.8 Å². The molecule has 0 bridgehead atoms. The number of hydrogen-bond donors (Lipinski definition) is 1. The van der Waals surface area contributed by atoms with E-state index < -0.39 is 0 Å². The van der Waals surface area contributed by atoms with Gasteiger partial charge in [0.25, 0.3) is 0 Å². The minimum Gasteiger partial charge on any atom is -0.393 e. The maximum absolute atomic E-state index is 10.1. The molecule has 134 valence electrons. The van der Waals surface area contributed by atoms with E-state index in [9.17, 15) is 5.11 Å². The van der Waals surface area contributed by atoms with Gasteiger partial charge >= 0.3 is 0 Å². The van der Waals surface area contributed by atoms with Crippen LogP contribution < -0.4 is 0 Å². The van der Waals surface area contributed by atoms with E-state index in [1.54, 1.807) is 5.57 Å². The molecule has 3 fully saturated rings. The first kappa shape index (κ1) is 17.6. The van der Waals surface area contributed by atoms with E-state index in [0.29, 0.717) is 10.8 Å². The van der Waals surface area contributed by atoms with Crippen molar-refractivity contribution in [2.75, 3.05) is 4.43 Å². The van der Waals surface area contributed by atoms with E-state index in [1.165, 1.54) is 42.1 Å². The third-order valence-corrected chi connectivity index (χ3v) is 9.94. The van der Waals surface area contributed by atoms with E-state index in [2.05, 4.69) is 55.5 Å². The molecule has 0 heterocycles. The van der Waals surface area contributed by atoms with Crippen LogP contribution in [0.5, 0.6) is 0 Å².